The Morgan fingerprint density at radius 3 is 2.36 bits per heavy atom. The molecule has 1 aromatic rings. The number of sulfone groups is 1. The zero-order chi connectivity index (χ0) is 10.6. The van der Waals surface area contributed by atoms with Crippen molar-refractivity contribution in [2.45, 2.75) is 4.90 Å². The normalized spacial score (nSPS) is 11.4. The molecule has 0 saturated heterocycles. The van der Waals surface area contributed by atoms with E-state index in [1.165, 1.54) is 12.1 Å². The van der Waals surface area contributed by atoms with Crippen LogP contribution in [-0.2, 0) is 9.84 Å². The molecular formula is C9H6BrNO2S. The number of rotatable bonds is 2. The van der Waals surface area contributed by atoms with Gasteiger partial charge in [-0.2, -0.15) is 5.26 Å². The van der Waals surface area contributed by atoms with Crippen LogP contribution >= 0.6 is 15.9 Å². The molecule has 0 aliphatic heterocycles. The molecule has 0 heterocycles. The lowest BCUT2D eigenvalue weighted by atomic mass is 10.4. The second-order valence-corrected chi connectivity index (χ2v) is 5.18. The lowest BCUT2D eigenvalue weighted by Gasteiger charge is -1.97. The Hall–Kier alpha value is -1.12. The van der Waals surface area contributed by atoms with E-state index in [2.05, 4.69) is 15.9 Å². The molecule has 0 fully saturated rings. The SMILES string of the molecule is N#CC=CS(=O)(=O)c1ccc(Br)cc1. The standard InChI is InChI=1S/C9H6BrNO2S/c10-8-2-4-9(5-3-8)14(12,13)7-1-6-11/h1-5,7H. The first kappa shape index (κ1) is 11.0. The van der Waals surface area contributed by atoms with E-state index in [4.69, 9.17) is 5.26 Å². The van der Waals surface area contributed by atoms with Crippen molar-refractivity contribution in [2.24, 2.45) is 0 Å². The molecule has 1 rings (SSSR count). The summed E-state index contributed by atoms with van der Waals surface area (Å²) >= 11 is 3.20. The highest BCUT2D eigenvalue weighted by molar-refractivity contribution is 9.10. The van der Waals surface area contributed by atoms with Gasteiger partial charge < -0.3 is 0 Å². The van der Waals surface area contributed by atoms with Crippen LogP contribution in [0.25, 0.3) is 0 Å². The average Bonchev–Trinajstić information content (AvgIpc) is 2.16. The van der Waals surface area contributed by atoms with E-state index in [0.29, 0.717) is 0 Å². The molecule has 0 amide bonds. The average molecular weight is 272 g/mol. The molecule has 0 aliphatic carbocycles. The van der Waals surface area contributed by atoms with Crippen LogP contribution in [0.5, 0.6) is 0 Å². The number of allylic oxidation sites excluding steroid dienone is 1. The number of nitrogens with zero attached hydrogens (tertiary/aromatic N) is 1. The molecule has 3 nitrogen and oxygen atoms in total. The third kappa shape index (κ3) is 2.69. The predicted octanol–water partition coefficient (Wildman–Crippen LogP) is 2.26. The van der Waals surface area contributed by atoms with Crippen LogP contribution in [0.15, 0.2) is 45.1 Å². The number of halogens is 1. The van der Waals surface area contributed by atoms with Crippen molar-refractivity contribution in [2.75, 3.05) is 0 Å². The van der Waals surface area contributed by atoms with Gasteiger partial charge in [0.1, 0.15) is 0 Å². The molecule has 1 aromatic carbocycles. The van der Waals surface area contributed by atoms with E-state index >= 15 is 0 Å². The van der Waals surface area contributed by atoms with Gasteiger partial charge in [-0.15, -0.1) is 0 Å². The Morgan fingerprint density at radius 1 is 1.29 bits per heavy atom. The van der Waals surface area contributed by atoms with Gasteiger partial charge in [0.2, 0.25) is 9.84 Å². The number of nitriles is 1. The predicted molar refractivity (Wildman–Crippen MR) is 56.1 cm³/mol. The van der Waals surface area contributed by atoms with Crippen LogP contribution in [0.2, 0.25) is 0 Å². The summed E-state index contributed by atoms with van der Waals surface area (Å²) in [7, 11) is -3.46. The fourth-order valence-corrected chi connectivity index (χ4v) is 2.00. The number of hydrogen-bond acceptors (Lipinski definition) is 3. The topological polar surface area (TPSA) is 57.9 Å². The molecule has 0 N–H and O–H groups in total. The van der Waals surface area contributed by atoms with E-state index in [0.717, 1.165) is 16.0 Å². The van der Waals surface area contributed by atoms with Crippen molar-refractivity contribution < 1.29 is 8.42 Å². The van der Waals surface area contributed by atoms with Crippen molar-refractivity contribution >= 4 is 25.8 Å². The Bertz CT molecular complexity index is 483. The first-order chi connectivity index (χ1) is 6.56. The number of benzene rings is 1. The van der Waals surface area contributed by atoms with Crippen LogP contribution < -0.4 is 0 Å². The molecule has 72 valence electrons. The molecular weight excluding hydrogens is 266 g/mol. The summed E-state index contributed by atoms with van der Waals surface area (Å²) in [6, 6.07) is 7.85. The van der Waals surface area contributed by atoms with Crippen LogP contribution in [0.3, 0.4) is 0 Å². The largest absolute Gasteiger partial charge is 0.219 e. The molecule has 0 bridgehead atoms. The van der Waals surface area contributed by atoms with Gasteiger partial charge in [-0.05, 0) is 24.3 Å². The van der Waals surface area contributed by atoms with Crippen LogP contribution in [0.4, 0.5) is 0 Å². The third-order valence-electron chi connectivity index (χ3n) is 1.46. The van der Waals surface area contributed by atoms with Gasteiger partial charge >= 0.3 is 0 Å². The zero-order valence-corrected chi connectivity index (χ0v) is 9.42. The van der Waals surface area contributed by atoms with Crippen molar-refractivity contribution in [3.63, 3.8) is 0 Å². The Labute approximate surface area is 90.7 Å². The third-order valence-corrected chi connectivity index (χ3v) is 3.42. The molecule has 0 aliphatic rings. The summed E-state index contributed by atoms with van der Waals surface area (Å²) in [5.74, 6) is 0. The maximum absolute atomic E-state index is 11.4. The van der Waals surface area contributed by atoms with Gasteiger partial charge in [0.05, 0.1) is 11.0 Å². The fraction of sp³-hybridized carbons (Fsp3) is 0. The Balaban J connectivity index is 3.13. The lowest BCUT2D eigenvalue weighted by Crippen LogP contribution is -1.95. The van der Waals surface area contributed by atoms with E-state index < -0.39 is 9.84 Å². The summed E-state index contributed by atoms with van der Waals surface area (Å²) in [6.45, 7) is 0. The highest BCUT2D eigenvalue weighted by atomic mass is 79.9. The first-order valence-electron chi connectivity index (χ1n) is 3.63. The summed E-state index contributed by atoms with van der Waals surface area (Å²) in [5.41, 5.74) is 0. The smallest absolute Gasteiger partial charge is 0.200 e. The summed E-state index contributed by atoms with van der Waals surface area (Å²) in [5, 5.41) is 9.10. The van der Waals surface area contributed by atoms with Gasteiger partial charge in [-0.25, -0.2) is 8.42 Å². The minimum Gasteiger partial charge on any atom is -0.219 e. The highest BCUT2D eigenvalue weighted by Crippen LogP contribution is 2.16. The van der Waals surface area contributed by atoms with Crippen molar-refractivity contribution in [3.05, 3.63) is 40.2 Å². The maximum Gasteiger partial charge on any atom is 0.200 e. The molecule has 0 spiro atoms. The van der Waals surface area contributed by atoms with Gasteiger partial charge in [-0.3, -0.25) is 0 Å². The van der Waals surface area contributed by atoms with E-state index in [1.807, 2.05) is 0 Å². The van der Waals surface area contributed by atoms with Crippen molar-refractivity contribution in [1.82, 2.24) is 0 Å². The molecule has 0 radical (unpaired) electrons. The molecule has 0 aromatic heterocycles. The van der Waals surface area contributed by atoms with Gasteiger partial charge in [0, 0.05) is 16.0 Å². The van der Waals surface area contributed by atoms with Gasteiger partial charge in [-0.1, -0.05) is 15.9 Å². The molecule has 0 saturated carbocycles. The maximum atomic E-state index is 11.4. The van der Waals surface area contributed by atoms with Crippen molar-refractivity contribution in [3.8, 4) is 6.07 Å². The van der Waals surface area contributed by atoms with Gasteiger partial charge in [0.25, 0.3) is 0 Å². The zero-order valence-electron chi connectivity index (χ0n) is 7.01. The molecule has 14 heavy (non-hydrogen) atoms. The second kappa shape index (κ2) is 4.40. The molecule has 0 atom stereocenters. The molecule has 5 heteroatoms. The fourth-order valence-electron chi connectivity index (χ4n) is 0.823. The first-order valence-corrected chi connectivity index (χ1v) is 5.97. The summed E-state index contributed by atoms with van der Waals surface area (Å²) in [4.78, 5) is 0.173. The van der Waals surface area contributed by atoms with Crippen LogP contribution in [0.1, 0.15) is 0 Å². The van der Waals surface area contributed by atoms with Crippen molar-refractivity contribution in [1.29, 1.82) is 5.26 Å². The lowest BCUT2D eigenvalue weighted by molar-refractivity contribution is 0.604. The van der Waals surface area contributed by atoms with E-state index in [9.17, 15) is 8.42 Å². The Morgan fingerprint density at radius 2 is 1.86 bits per heavy atom. The minimum absolute atomic E-state index is 0.173. The summed E-state index contributed by atoms with van der Waals surface area (Å²) < 4.78 is 23.7. The summed E-state index contributed by atoms with van der Waals surface area (Å²) in [6.07, 6.45) is 0.942. The number of hydrogen-bond donors (Lipinski definition) is 0. The highest BCUT2D eigenvalue weighted by Gasteiger charge is 2.08. The molecule has 0 unspecified atom stereocenters. The van der Waals surface area contributed by atoms with Gasteiger partial charge in [0.15, 0.2) is 0 Å². The second-order valence-electron chi connectivity index (χ2n) is 2.43. The van der Waals surface area contributed by atoms with Crippen LogP contribution in [-0.4, -0.2) is 8.42 Å². The minimum atomic E-state index is -3.46. The van der Waals surface area contributed by atoms with Crippen LogP contribution in [0, 0.1) is 11.3 Å². The van der Waals surface area contributed by atoms with E-state index in [-0.39, 0.29) is 4.90 Å². The monoisotopic (exact) mass is 271 g/mol. The van der Waals surface area contributed by atoms with E-state index in [1.54, 1.807) is 18.2 Å². The Kier molecular flexibility index (Phi) is 3.44. The quantitative estimate of drug-likeness (QED) is 0.776.